The van der Waals surface area contributed by atoms with Crippen molar-refractivity contribution in [2.75, 3.05) is 6.61 Å². The molecule has 0 atom stereocenters. The van der Waals surface area contributed by atoms with E-state index < -0.39 is 0 Å². The van der Waals surface area contributed by atoms with Gasteiger partial charge in [0, 0.05) is 23.3 Å². The molecule has 1 N–H and O–H groups in total. The Balaban J connectivity index is 2.92. The molecule has 3 heteroatoms. The zero-order chi connectivity index (χ0) is 14.6. The van der Waals surface area contributed by atoms with Crippen molar-refractivity contribution in [3.05, 3.63) is 22.9 Å². The molecule has 0 aliphatic heterocycles. The van der Waals surface area contributed by atoms with Gasteiger partial charge in [-0.15, -0.1) is 0 Å². The average molecular weight is 264 g/mol. The molecule has 108 valence electrons. The summed E-state index contributed by atoms with van der Waals surface area (Å²) in [5, 5.41) is 3.51. The molecule has 0 fully saturated rings. The summed E-state index contributed by atoms with van der Waals surface area (Å²) in [5.41, 5.74) is 3.51. The maximum Gasteiger partial charge on any atom is 0.218 e. The Hall–Kier alpha value is -1.09. The molecule has 0 radical (unpaired) electrons. The van der Waals surface area contributed by atoms with Crippen LogP contribution in [0.15, 0.2) is 6.07 Å². The maximum absolute atomic E-state index is 5.87. The average Bonchev–Trinajstić information content (AvgIpc) is 2.23. The number of hydrogen-bond donors (Lipinski definition) is 1. The molecule has 1 rings (SSSR count). The van der Waals surface area contributed by atoms with Gasteiger partial charge in [0.2, 0.25) is 5.88 Å². The zero-order valence-electron chi connectivity index (χ0n) is 13.4. The van der Waals surface area contributed by atoms with Crippen molar-refractivity contribution >= 4 is 0 Å². The van der Waals surface area contributed by atoms with E-state index in [0.29, 0.717) is 12.5 Å². The number of rotatable bonds is 5. The van der Waals surface area contributed by atoms with Crippen LogP contribution in [0.3, 0.4) is 0 Å². The molecule has 0 bridgehead atoms. The van der Waals surface area contributed by atoms with Gasteiger partial charge in [-0.3, -0.25) is 0 Å². The second kappa shape index (κ2) is 6.38. The van der Waals surface area contributed by atoms with Crippen LogP contribution < -0.4 is 10.1 Å². The van der Waals surface area contributed by atoms with Gasteiger partial charge in [-0.25, -0.2) is 4.98 Å². The van der Waals surface area contributed by atoms with Gasteiger partial charge in [-0.1, -0.05) is 13.8 Å². The van der Waals surface area contributed by atoms with Crippen LogP contribution in [0.1, 0.15) is 51.4 Å². The van der Waals surface area contributed by atoms with Crippen LogP contribution in [0.25, 0.3) is 0 Å². The molecule has 1 heterocycles. The maximum atomic E-state index is 5.87. The lowest BCUT2D eigenvalue weighted by atomic mass is 10.1. The van der Waals surface area contributed by atoms with Crippen molar-refractivity contribution in [1.29, 1.82) is 0 Å². The van der Waals surface area contributed by atoms with E-state index in [4.69, 9.17) is 4.74 Å². The first-order valence-electron chi connectivity index (χ1n) is 7.04. The summed E-state index contributed by atoms with van der Waals surface area (Å²) in [5.74, 6) is 1.29. The van der Waals surface area contributed by atoms with Crippen LogP contribution in [0.4, 0.5) is 0 Å². The van der Waals surface area contributed by atoms with E-state index in [0.717, 1.165) is 18.1 Å². The topological polar surface area (TPSA) is 34.1 Å². The number of ether oxygens (including phenoxy) is 1. The molecule has 0 saturated heterocycles. The Bertz CT molecular complexity index is 419. The van der Waals surface area contributed by atoms with Crippen molar-refractivity contribution in [2.24, 2.45) is 5.92 Å². The van der Waals surface area contributed by atoms with Crippen molar-refractivity contribution in [3.63, 3.8) is 0 Å². The highest BCUT2D eigenvalue weighted by molar-refractivity contribution is 5.36. The summed E-state index contributed by atoms with van der Waals surface area (Å²) in [6, 6.07) is 2.11. The van der Waals surface area contributed by atoms with Crippen LogP contribution in [0.2, 0.25) is 0 Å². The van der Waals surface area contributed by atoms with Crippen LogP contribution in [0, 0.1) is 19.8 Å². The first-order chi connectivity index (χ1) is 8.69. The van der Waals surface area contributed by atoms with E-state index in [-0.39, 0.29) is 5.54 Å². The smallest absolute Gasteiger partial charge is 0.218 e. The summed E-state index contributed by atoms with van der Waals surface area (Å²) in [7, 11) is 0. The van der Waals surface area contributed by atoms with E-state index in [1.54, 1.807) is 0 Å². The van der Waals surface area contributed by atoms with Gasteiger partial charge in [0.1, 0.15) is 0 Å². The Labute approximate surface area is 117 Å². The molecule has 0 saturated carbocycles. The monoisotopic (exact) mass is 264 g/mol. The van der Waals surface area contributed by atoms with Crippen LogP contribution in [-0.4, -0.2) is 17.1 Å². The number of aromatic nitrogens is 1. The third-order valence-electron chi connectivity index (χ3n) is 2.79. The zero-order valence-corrected chi connectivity index (χ0v) is 13.4. The normalized spacial score (nSPS) is 12.0. The molecule has 3 nitrogen and oxygen atoms in total. The second-order valence-corrected chi connectivity index (χ2v) is 6.67. The minimum atomic E-state index is 0.0899. The summed E-state index contributed by atoms with van der Waals surface area (Å²) in [6.07, 6.45) is 0. The van der Waals surface area contributed by atoms with Crippen molar-refractivity contribution < 1.29 is 4.74 Å². The standard InChI is InChI=1S/C16H28N2O/c1-11(2)10-19-15-14(9-17-16(5,6)7)12(3)8-13(4)18-15/h8,11,17H,9-10H2,1-7H3. The molecule has 0 aliphatic carbocycles. The van der Waals surface area contributed by atoms with Crippen LogP contribution in [-0.2, 0) is 6.54 Å². The Morgan fingerprint density at radius 3 is 2.42 bits per heavy atom. The van der Waals surface area contributed by atoms with Crippen molar-refractivity contribution in [2.45, 2.75) is 60.5 Å². The third-order valence-corrected chi connectivity index (χ3v) is 2.79. The Kier molecular flexibility index (Phi) is 5.36. The fourth-order valence-electron chi connectivity index (χ4n) is 1.76. The fourth-order valence-corrected chi connectivity index (χ4v) is 1.76. The molecule has 0 amide bonds. The highest BCUT2D eigenvalue weighted by atomic mass is 16.5. The molecule has 0 spiro atoms. The lowest BCUT2D eigenvalue weighted by Gasteiger charge is -2.22. The molecular weight excluding hydrogens is 236 g/mol. The number of nitrogens with zero attached hydrogens (tertiary/aromatic N) is 1. The molecular formula is C16H28N2O. The number of nitrogens with one attached hydrogen (secondary N) is 1. The van der Waals surface area contributed by atoms with Crippen LogP contribution >= 0.6 is 0 Å². The fraction of sp³-hybridized carbons (Fsp3) is 0.688. The van der Waals surface area contributed by atoms with E-state index in [1.165, 1.54) is 11.1 Å². The predicted octanol–water partition coefficient (Wildman–Crippen LogP) is 3.62. The number of hydrogen-bond acceptors (Lipinski definition) is 3. The molecule has 19 heavy (non-hydrogen) atoms. The summed E-state index contributed by atoms with van der Waals surface area (Å²) >= 11 is 0. The highest BCUT2D eigenvalue weighted by Crippen LogP contribution is 2.22. The summed E-state index contributed by atoms with van der Waals surface area (Å²) in [4.78, 5) is 4.54. The lowest BCUT2D eigenvalue weighted by Crippen LogP contribution is -2.35. The first kappa shape index (κ1) is 16.0. The minimum Gasteiger partial charge on any atom is -0.477 e. The molecule has 0 aromatic carbocycles. The summed E-state index contributed by atoms with van der Waals surface area (Å²) < 4.78 is 5.87. The predicted molar refractivity (Wildman–Crippen MR) is 80.6 cm³/mol. The van der Waals surface area contributed by atoms with Gasteiger partial charge in [-0.2, -0.15) is 0 Å². The van der Waals surface area contributed by atoms with Gasteiger partial charge < -0.3 is 10.1 Å². The minimum absolute atomic E-state index is 0.0899. The number of aryl methyl sites for hydroxylation is 2. The van der Waals surface area contributed by atoms with Crippen molar-refractivity contribution in [1.82, 2.24) is 10.3 Å². The first-order valence-corrected chi connectivity index (χ1v) is 7.04. The second-order valence-electron chi connectivity index (χ2n) is 6.67. The van der Waals surface area contributed by atoms with Crippen molar-refractivity contribution in [3.8, 4) is 5.88 Å². The van der Waals surface area contributed by atoms with Gasteiger partial charge >= 0.3 is 0 Å². The number of pyridine rings is 1. The van der Waals surface area contributed by atoms with E-state index in [9.17, 15) is 0 Å². The van der Waals surface area contributed by atoms with Gasteiger partial charge in [0.05, 0.1) is 6.61 Å². The SMILES string of the molecule is Cc1cc(C)c(CNC(C)(C)C)c(OCC(C)C)n1. The quantitative estimate of drug-likeness (QED) is 0.882. The van der Waals surface area contributed by atoms with E-state index in [2.05, 4.69) is 57.9 Å². The largest absolute Gasteiger partial charge is 0.477 e. The molecule has 0 unspecified atom stereocenters. The molecule has 1 aromatic rings. The van der Waals surface area contributed by atoms with E-state index in [1.807, 2.05) is 6.92 Å². The molecule has 0 aliphatic rings. The highest BCUT2D eigenvalue weighted by Gasteiger charge is 2.14. The van der Waals surface area contributed by atoms with E-state index >= 15 is 0 Å². The third kappa shape index (κ3) is 5.60. The van der Waals surface area contributed by atoms with Crippen LogP contribution in [0.5, 0.6) is 5.88 Å². The molecule has 1 aromatic heterocycles. The Morgan fingerprint density at radius 1 is 1.26 bits per heavy atom. The lowest BCUT2D eigenvalue weighted by molar-refractivity contribution is 0.256. The van der Waals surface area contributed by atoms with Gasteiger partial charge in [0.25, 0.3) is 0 Å². The van der Waals surface area contributed by atoms with Gasteiger partial charge in [-0.05, 0) is 52.2 Å². The van der Waals surface area contributed by atoms with Gasteiger partial charge in [0.15, 0.2) is 0 Å². The Morgan fingerprint density at radius 2 is 1.89 bits per heavy atom. The summed E-state index contributed by atoms with van der Waals surface area (Å²) in [6.45, 7) is 16.4.